The van der Waals surface area contributed by atoms with E-state index in [0.29, 0.717) is 5.56 Å². The van der Waals surface area contributed by atoms with Crippen LogP contribution in [0.15, 0.2) is 59.0 Å². The lowest BCUT2D eigenvalue weighted by Gasteiger charge is -2.29. The highest BCUT2D eigenvalue weighted by atomic mass is 32.2. The van der Waals surface area contributed by atoms with E-state index >= 15 is 0 Å². The first kappa shape index (κ1) is 22.6. The fraction of sp³-hybridized carbons (Fsp3) is 0.304. The number of anilines is 1. The summed E-state index contributed by atoms with van der Waals surface area (Å²) in [4.78, 5) is 24.4. The number of ether oxygens (including phenoxy) is 2. The highest BCUT2D eigenvalue weighted by molar-refractivity contribution is 7.92. The molecule has 0 radical (unpaired) electrons. The number of nitrogens with one attached hydrogen (secondary N) is 1. The second-order valence-corrected chi connectivity index (χ2v) is 10.4. The molecule has 0 aliphatic carbocycles. The molecule has 7 nitrogen and oxygen atoms in total. The third-order valence-electron chi connectivity index (χ3n) is 4.60. The summed E-state index contributed by atoms with van der Waals surface area (Å²) in [7, 11) is -3.82. The molecule has 0 aromatic heterocycles. The van der Waals surface area contributed by atoms with E-state index in [2.05, 4.69) is 4.72 Å². The normalized spacial score (nSPS) is 16.4. The van der Waals surface area contributed by atoms with E-state index in [0.717, 1.165) is 5.56 Å². The van der Waals surface area contributed by atoms with Gasteiger partial charge in [0.2, 0.25) is 0 Å². The third kappa shape index (κ3) is 5.32. The summed E-state index contributed by atoms with van der Waals surface area (Å²) < 4.78 is 38.2. The molecule has 164 valence electrons. The molecule has 1 aliphatic heterocycles. The summed E-state index contributed by atoms with van der Waals surface area (Å²) in [5.41, 5.74) is 1.39. The van der Waals surface area contributed by atoms with Crippen LogP contribution in [0.5, 0.6) is 0 Å². The molecule has 1 saturated heterocycles. The third-order valence-corrected chi connectivity index (χ3v) is 5.99. The smallest absolute Gasteiger partial charge is 0.348 e. The molecule has 0 spiro atoms. The molecule has 0 atom stereocenters. The molecule has 0 amide bonds. The fourth-order valence-corrected chi connectivity index (χ4v) is 4.03. The summed E-state index contributed by atoms with van der Waals surface area (Å²) in [6, 6.07) is 13.0. The van der Waals surface area contributed by atoms with Crippen LogP contribution in [0, 0.1) is 0 Å². The molecule has 8 heteroatoms. The number of esters is 2. The zero-order chi connectivity index (χ0) is 23.0. The molecular weight excluding hydrogens is 418 g/mol. The Hall–Kier alpha value is -3.13. The lowest BCUT2D eigenvalue weighted by molar-refractivity contribution is -0.222. The summed E-state index contributed by atoms with van der Waals surface area (Å²) in [5, 5.41) is 0. The molecule has 1 fully saturated rings. The van der Waals surface area contributed by atoms with Gasteiger partial charge in [0.05, 0.1) is 4.90 Å². The van der Waals surface area contributed by atoms with Gasteiger partial charge in [0, 0.05) is 19.5 Å². The predicted molar refractivity (Wildman–Crippen MR) is 117 cm³/mol. The van der Waals surface area contributed by atoms with Gasteiger partial charge in [-0.2, -0.15) is 0 Å². The maximum atomic E-state index is 12.8. The molecule has 0 unspecified atom stereocenters. The molecule has 0 bridgehead atoms. The monoisotopic (exact) mass is 443 g/mol. The number of hydrogen-bond donors (Lipinski definition) is 1. The van der Waals surface area contributed by atoms with E-state index in [4.69, 9.17) is 9.47 Å². The Morgan fingerprint density at radius 2 is 1.52 bits per heavy atom. The van der Waals surface area contributed by atoms with Crippen molar-refractivity contribution in [2.75, 3.05) is 4.72 Å². The first-order chi connectivity index (χ1) is 14.3. The van der Waals surface area contributed by atoms with Crippen molar-refractivity contribution in [1.29, 1.82) is 0 Å². The number of hydrogen-bond acceptors (Lipinski definition) is 6. The maximum Gasteiger partial charge on any atom is 0.348 e. The van der Waals surface area contributed by atoms with E-state index < -0.39 is 27.7 Å². The number of carbonyl (C=O) groups is 2. The quantitative estimate of drug-likeness (QED) is 0.436. The van der Waals surface area contributed by atoms with Gasteiger partial charge < -0.3 is 9.47 Å². The summed E-state index contributed by atoms with van der Waals surface area (Å²) in [5.74, 6) is -2.93. The van der Waals surface area contributed by atoms with E-state index in [9.17, 15) is 18.0 Å². The van der Waals surface area contributed by atoms with Crippen LogP contribution >= 0.6 is 0 Å². The minimum absolute atomic E-state index is 0.0891. The van der Waals surface area contributed by atoms with Gasteiger partial charge in [-0.15, -0.1) is 0 Å². The van der Waals surface area contributed by atoms with Crippen LogP contribution in [0.1, 0.15) is 45.7 Å². The second-order valence-electron chi connectivity index (χ2n) is 8.74. The predicted octanol–water partition coefficient (Wildman–Crippen LogP) is 4.00. The number of sulfonamides is 1. The zero-order valence-corrected chi connectivity index (χ0v) is 18.9. The van der Waals surface area contributed by atoms with Crippen molar-refractivity contribution in [3.8, 4) is 0 Å². The second kappa shape index (κ2) is 7.85. The van der Waals surface area contributed by atoms with Crippen LogP contribution in [-0.4, -0.2) is 26.1 Å². The lowest BCUT2D eigenvalue weighted by atomic mass is 9.87. The van der Waals surface area contributed by atoms with Crippen molar-refractivity contribution in [3.63, 3.8) is 0 Å². The molecule has 1 aliphatic rings. The van der Waals surface area contributed by atoms with Gasteiger partial charge in [0.25, 0.3) is 15.8 Å². The SMILES string of the molecule is CC1(C)OC(=O)C(=Cc2cccc(NS(=O)(=O)c3ccc(C(C)(C)C)cc3)c2)C(=O)O1. The Morgan fingerprint density at radius 1 is 0.935 bits per heavy atom. The topological polar surface area (TPSA) is 98.8 Å². The standard InChI is InChI=1S/C23H25NO6S/c1-22(2,3)16-9-11-18(12-10-16)31(27,28)24-17-8-6-7-15(13-17)14-19-20(25)29-23(4,5)30-21(19)26/h6-14,24H,1-5H3. The average molecular weight is 444 g/mol. The van der Waals surface area contributed by atoms with Gasteiger partial charge in [0.1, 0.15) is 5.57 Å². The van der Waals surface area contributed by atoms with Crippen molar-refractivity contribution in [2.24, 2.45) is 0 Å². The Labute approximate surface area is 182 Å². The van der Waals surface area contributed by atoms with Crippen LogP contribution in [0.4, 0.5) is 5.69 Å². The zero-order valence-electron chi connectivity index (χ0n) is 18.1. The van der Waals surface area contributed by atoms with Gasteiger partial charge in [-0.3, -0.25) is 4.72 Å². The molecule has 3 rings (SSSR count). The maximum absolute atomic E-state index is 12.8. The van der Waals surface area contributed by atoms with E-state index in [1.165, 1.54) is 26.0 Å². The number of cyclic esters (lactones) is 2. The summed E-state index contributed by atoms with van der Waals surface area (Å²) >= 11 is 0. The first-order valence-corrected chi connectivity index (χ1v) is 11.2. The first-order valence-electron chi connectivity index (χ1n) is 9.69. The molecule has 2 aromatic carbocycles. The highest BCUT2D eigenvalue weighted by Crippen LogP contribution is 2.26. The molecule has 1 heterocycles. The van der Waals surface area contributed by atoms with Gasteiger partial charge in [-0.1, -0.05) is 45.0 Å². The van der Waals surface area contributed by atoms with Gasteiger partial charge in [-0.25, -0.2) is 18.0 Å². The summed E-state index contributed by atoms with van der Waals surface area (Å²) in [6.07, 6.45) is 1.30. The molecule has 0 saturated carbocycles. The Balaban J connectivity index is 1.84. The van der Waals surface area contributed by atoms with Crippen molar-refractivity contribution in [2.45, 2.75) is 50.7 Å². The number of rotatable bonds is 4. The van der Waals surface area contributed by atoms with Crippen LogP contribution in [0.25, 0.3) is 6.08 Å². The molecule has 1 N–H and O–H groups in total. The van der Waals surface area contributed by atoms with Crippen molar-refractivity contribution in [3.05, 3.63) is 65.2 Å². The van der Waals surface area contributed by atoms with Crippen molar-refractivity contribution < 1.29 is 27.5 Å². The van der Waals surface area contributed by atoms with Crippen LogP contribution in [-0.2, 0) is 34.5 Å². The largest absolute Gasteiger partial charge is 0.419 e. The number of benzene rings is 2. The minimum Gasteiger partial charge on any atom is -0.419 e. The highest BCUT2D eigenvalue weighted by Gasteiger charge is 2.38. The lowest BCUT2D eigenvalue weighted by Crippen LogP contribution is -2.41. The Kier molecular flexibility index (Phi) is 5.71. The fourth-order valence-electron chi connectivity index (χ4n) is 2.99. The van der Waals surface area contributed by atoms with Crippen LogP contribution < -0.4 is 4.72 Å². The Bertz CT molecular complexity index is 1130. The van der Waals surface area contributed by atoms with E-state index in [-0.39, 0.29) is 21.6 Å². The molecule has 31 heavy (non-hydrogen) atoms. The van der Waals surface area contributed by atoms with E-state index in [1.807, 2.05) is 20.8 Å². The number of carbonyl (C=O) groups excluding carboxylic acids is 2. The molecular formula is C23H25NO6S. The molecule has 2 aromatic rings. The minimum atomic E-state index is -3.82. The van der Waals surface area contributed by atoms with Crippen LogP contribution in [0.3, 0.4) is 0 Å². The van der Waals surface area contributed by atoms with Crippen LogP contribution in [0.2, 0.25) is 0 Å². The van der Waals surface area contributed by atoms with Crippen molar-refractivity contribution in [1.82, 2.24) is 0 Å². The van der Waals surface area contributed by atoms with Crippen molar-refractivity contribution >= 4 is 33.7 Å². The summed E-state index contributed by atoms with van der Waals surface area (Å²) in [6.45, 7) is 9.07. The average Bonchev–Trinajstić information content (AvgIpc) is 2.63. The van der Waals surface area contributed by atoms with Gasteiger partial charge in [0.15, 0.2) is 0 Å². The van der Waals surface area contributed by atoms with Gasteiger partial charge in [-0.05, 0) is 46.9 Å². The Morgan fingerprint density at radius 3 is 2.06 bits per heavy atom. The van der Waals surface area contributed by atoms with E-state index in [1.54, 1.807) is 42.5 Å². The van der Waals surface area contributed by atoms with Gasteiger partial charge >= 0.3 is 11.9 Å².